The molecule has 3 nitrogen and oxygen atoms in total. The first kappa shape index (κ1) is 15.5. The molecule has 0 aliphatic carbocycles. The number of amides is 1. The lowest BCUT2D eigenvalue weighted by Crippen LogP contribution is -2.17. The van der Waals surface area contributed by atoms with Crippen LogP contribution < -0.4 is 10.1 Å². The van der Waals surface area contributed by atoms with Crippen molar-refractivity contribution in [3.63, 3.8) is 0 Å². The van der Waals surface area contributed by atoms with Gasteiger partial charge in [-0.05, 0) is 48.0 Å². The molecule has 4 heteroatoms. The van der Waals surface area contributed by atoms with Crippen LogP contribution in [0.5, 0.6) is 11.5 Å². The number of ether oxygens (including phenoxy) is 1. The third kappa shape index (κ3) is 3.59. The maximum Gasteiger partial charge on any atom is 0.262 e. The monoisotopic (exact) mass is 345 g/mol. The van der Waals surface area contributed by atoms with Crippen LogP contribution in [0.4, 0.5) is 5.69 Å². The van der Waals surface area contributed by atoms with Crippen LogP contribution in [0.15, 0.2) is 88.7 Å². The number of hydrogen-bond donors (Lipinski definition) is 1. The predicted molar refractivity (Wildman–Crippen MR) is 102 cm³/mol. The van der Waals surface area contributed by atoms with Crippen molar-refractivity contribution in [3.8, 4) is 11.5 Å². The molecule has 1 heterocycles. The first-order chi connectivity index (χ1) is 12.3. The van der Waals surface area contributed by atoms with Gasteiger partial charge in [-0.25, -0.2) is 0 Å². The fraction of sp³-hybridized carbons (Fsp3) is 0. The van der Waals surface area contributed by atoms with E-state index in [0.29, 0.717) is 4.91 Å². The average molecular weight is 345 g/mol. The van der Waals surface area contributed by atoms with Gasteiger partial charge in [0.05, 0.1) is 10.6 Å². The molecule has 122 valence electrons. The Morgan fingerprint density at radius 2 is 1.60 bits per heavy atom. The molecule has 0 unspecified atom stereocenters. The second-order valence-corrected chi connectivity index (χ2v) is 6.63. The van der Waals surface area contributed by atoms with E-state index >= 15 is 0 Å². The predicted octanol–water partition coefficient (Wildman–Crippen LogP) is 5.56. The summed E-state index contributed by atoms with van der Waals surface area (Å²) in [4.78, 5) is 14.0. The van der Waals surface area contributed by atoms with E-state index < -0.39 is 0 Å². The van der Waals surface area contributed by atoms with Gasteiger partial charge in [0.1, 0.15) is 11.5 Å². The van der Waals surface area contributed by atoms with Crippen LogP contribution in [0.25, 0.3) is 6.08 Å². The molecule has 0 radical (unpaired) electrons. The minimum Gasteiger partial charge on any atom is -0.457 e. The lowest BCUT2D eigenvalue weighted by Gasteiger charge is -2.18. The number of carbonyl (C=O) groups excluding carboxylic acids is 1. The zero-order valence-electron chi connectivity index (χ0n) is 13.3. The molecule has 0 spiro atoms. The van der Waals surface area contributed by atoms with Gasteiger partial charge in [-0.1, -0.05) is 54.2 Å². The van der Waals surface area contributed by atoms with Crippen LogP contribution >= 0.6 is 11.8 Å². The van der Waals surface area contributed by atoms with E-state index in [1.165, 1.54) is 11.8 Å². The SMILES string of the molecule is O=C1Nc2ccccc2S/C1=C/c1cccc(Oc2ccccc2)c1. The normalized spacial score (nSPS) is 14.7. The highest BCUT2D eigenvalue weighted by Crippen LogP contribution is 2.38. The number of carbonyl (C=O) groups is 1. The van der Waals surface area contributed by atoms with Crippen LogP contribution in [-0.2, 0) is 4.79 Å². The Morgan fingerprint density at radius 3 is 2.48 bits per heavy atom. The van der Waals surface area contributed by atoms with Gasteiger partial charge in [0.25, 0.3) is 5.91 Å². The number of para-hydroxylation sites is 2. The number of hydrogen-bond acceptors (Lipinski definition) is 3. The van der Waals surface area contributed by atoms with Gasteiger partial charge in [0.15, 0.2) is 0 Å². The Hall–Kier alpha value is -2.98. The zero-order valence-corrected chi connectivity index (χ0v) is 14.1. The number of nitrogens with one attached hydrogen (secondary N) is 1. The van der Waals surface area contributed by atoms with Crippen molar-refractivity contribution >= 4 is 29.4 Å². The molecule has 0 bridgehead atoms. The largest absolute Gasteiger partial charge is 0.457 e. The fourth-order valence-electron chi connectivity index (χ4n) is 2.55. The number of thioether (sulfide) groups is 1. The average Bonchev–Trinajstić information content (AvgIpc) is 2.63. The molecule has 4 rings (SSSR count). The van der Waals surface area contributed by atoms with E-state index in [1.54, 1.807) is 0 Å². The van der Waals surface area contributed by atoms with E-state index in [2.05, 4.69) is 5.32 Å². The maximum absolute atomic E-state index is 12.3. The van der Waals surface area contributed by atoms with Gasteiger partial charge < -0.3 is 10.1 Å². The van der Waals surface area contributed by atoms with Gasteiger partial charge >= 0.3 is 0 Å². The van der Waals surface area contributed by atoms with Crippen LogP contribution in [-0.4, -0.2) is 5.91 Å². The summed E-state index contributed by atoms with van der Waals surface area (Å²) in [7, 11) is 0. The highest BCUT2D eigenvalue weighted by Gasteiger charge is 2.20. The van der Waals surface area contributed by atoms with Gasteiger partial charge in [-0.2, -0.15) is 0 Å². The molecule has 25 heavy (non-hydrogen) atoms. The van der Waals surface area contributed by atoms with E-state index in [1.807, 2.05) is 84.9 Å². The second-order valence-electron chi connectivity index (χ2n) is 5.55. The summed E-state index contributed by atoms with van der Waals surface area (Å²) >= 11 is 1.48. The Bertz CT molecular complexity index is 951. The van der Waals surface area contributed by atoms with E-state index in [9.17, 15) is 4.79 Å². The molecule has 0 aromatic heterocycles. The van der Waals surface area contributed by atoms with Crippen LogP contribution in [0.3, 0.4) is 0 Å². The molecule has 1 amide bonds. The van der Waals surface area contributed by atoms with Gasteiger partial charge in [0, 0.05) is 4.90 Å². The minimum absolute atomic E-state index is 0.0851. The number of benzene rings is 3. The maximum atomic E-state index is 12.3. The van der Waals surface area contributed by atoms with E-state index in [-0.39, 0.29) is 5.91 Å². The van der Waals surface area contributed by atoms with Crippen molar-refractivity contribution in [2.24, 2.45) is 0 Å². The highest BCUT2D eigenvalue weighted by atomic mass is 32.2. The lowest BCUT2D eigenvalue weighted by atomic mass is 10.2. The summed E-state index contributed by atoms with van der Waals surface area (Å²) < 4.78 is 5.85. The molecule has 0 saturated carbocycles. The summed E-state index contributed by atoms with van der Waals surface area (Å²) in [6.07, 6.45) is 1.88. The van der Waals surface area contributed by atoms with E-state index in [4.69, 9.17) is 4.74 Å². The van der Waals surface area contributed by atoms with Crippen molar-refractivity contribution in [1.29, 1.82) is 0 Å². The molecule has 0 fully saturated rings. The molecule has 1 aliphatic heterocycles. The molecule has 0 saturated heterocycles. The third-order valence-electron chi connectivity index (χ3n) is 3.71. The third-order valence-corrected chi connectivity index (χ3v) is 4.81. The van der Waals surface area contributed by atoms with Gasteiger partial charge in [-0.3, -0.25) is 4.79 Å². The second kappa shape index (κ2) is 6.87. The summed E-state index contributed by atoms with van der Waals surface area (Å²) in [5.74, 6) is 1.44. The molecular formula is C21H15NO2S. The summed E-state index contributed by atoms with van der Waals surface area (Å²) in [6.45, 7) is 0. The van der Waals surface area contributed by atoms with Crippen molar-refractivity contribution in [3.05, 3.63) is 89.3 Å². The first-order valence-electron chi connectivity index (χ1n) is 7.91. The zero-order chi connectivity index (χ0) is 17.1. The lowest BCUT2D eigenvalue weighted by molar-refractivity contribution is -0.112. The number of fused-ring (bicyclic) bond motifs is 1. The number of rotatable bonds is 3. The number of anilines is 1. The summed E-state index contributed by atoms with van der Waals surface area (Å²) in [5, 5.41) is 2.93. The highest BCUT2D eigenvalue weighted by molar-refractivity contribution is 8.04. The van der Waals surface area contributed by atoms with Crippen LogP contribution in [0, 0.1) is 0 Å². The Labute approximate surface area is 150 Å². The standard InChI is InChI=1S/C21H15NO2S/c23-21-20(25-19-12-5-4-11-18(19)22-21)14-15-7-6-10-17(13-15)24-16-8-2-1-3-9-16/h1-14H,(H,22,23)/b20-14+. The first-order valence-corrected chi connectivity index (χ1v) is 8.72. The molecule has 3 aromatic rings. The summed E-state index contributed by atoms with van der Waals surface area (Å²) in [5.41, 5.74) is 1.78. The van der Waals surface area contributed by atoms with Crippen molar-refractivity contribution in [1.82, 2.24) is 0 Å². The molecule has 0 atom stereocenters. The quantitative estimate of drug-likeness (QED) is 0.631. The van der Waals surface area contributed by atoms with E-state index in [0.717, 1.165) is 27.6 Å². The Morgan fingerprint density at radius 1 is 0.840 bits per heavy atom. The van der Waals surface area contributed by atoms with Crippen molar-refractivity contribution in [2.75, 3.05) is 5.32 Å². The van der Waals surface area contributed by atoms with Crippen LogP contribution in [0.2, 0.25) is 0 Å². The fourth-order valence-corrected chi connectivity index (χ4v) is 3.50. The smallest absolute Gasteiger partial charge is 0.262 e. The Balaban J connectivity index is 1.59. The Kier molecular flexibility index (Phi) is 4.27. The van der Waals surface area contributed by atoms with Gasteiger partial charge in [-0.15, -0.1) is 0 Å². The minimum atomic E-state index is -0.0851. The molecular weight excluding hydrogens is 330 g/mol. The topological polar surface area (TPSA) is 38.3 Å². The summed E-state index contributed by atoms with van der Waals surface area (Å²) in [6, 6.07) is 25.1. The van der Waals surface area contributed by atoms with Crippen LogP contribution in [0.1, 0.15) is 5.56 Å². The van der Waals surface area contributed by atoms with Gasteiger partial charge in [0.2, 0.25) is 0 Å². The molecule has 3 aromatic carbocycles. The molecule has 1 aliphatic rings. The van der Waals surface area contributed by atoms with Crippen molar-refractivity contribution < 1.29 is 9.53 Å². The molecule has 1 N–H and O–H groups in total. The van der Waals surface area contributed by atoms with Crippen molar-refractivity contribution in [2.45, 2.75) is 4.90 Å².